The van der Waals surface area contributed by atoms with Crippen LogP contribution in [0.3, 0.4) is 0 Å². The van der Waals surface area contributed by atoms with Crippen LogP contribution in [0.2, 0.25) is 0 Å². The normalized spacial score (nSPS) is 20.8. The number of nitrogens with zero attached hydrogens (tertiary/aromatic N) is 1. The van der Waals surface area contributed by atoms with Crippen molar-refractivity contribution in [2.45, 2.75) is 44.5 Å². The zero-order valence-corrected chi connectivity index (χ0v) is 11.5. The summed E-state index contributed by atoms with van der Waals surface area (Å²) in [6.07, 6.45) is 2.28. The third-order valence-electron chi connectivity index (χ3n) is 2.81. The van der Waals surface area contributed by atoms with Crippen molar-refractivity contribution in [2.24, 2.45) is 5.92 Å². The van der Waals surface area contributed by atoms with Gasteiger partial charge < -0.3 is 0 Å². The predicted octanol–water partition coefficient (Wildman–Crippen LogP) is 1.72. The minimum Gasteiger partial charge on any atom is -0.272 e. The molecule has 0 saturated carbocycles. The molecular formula is C10H14F3NO5S. The lowest BCUT2D eigenvalue weighted by atomic mass is 10.00. The molecule has 1 saturated heterocycles. The van der Waals surface area contributed by atoms with Crippen LogP contribution in [0, 0.1) is 5.92 Å². The van der Waals surface area contributed by atoms with Gasteiger partial charge in [0.2, 0.25) is 0 Å². The molecule has 0 aliphatic carbocycles. The molecule has 0 bridgehead atoms. The Hall–Kier alpha value is -1.16. The van der Waals surface area contributed by atoms with E-state index in [9.17, 15) is 31.2 Å². The maximum Gasteiger partial charge on any atom is 0.525 e. The van der Waals surface area contributed by atoms with Crippen LogP contribution in [0.5, 0.6) is 0 Å². The van der Waals surface area contributed by atoms with Crippen molar-refractivity contribution in [2.75, 3.05) is 0 Å². The van der Waals surface area contributed by atoms with Crippen molar-refractivity contribution >= 4 is 21.9 Å². The van der Waals surface area contributed by atoms with E-state index in [1.165, 1.54) is 0 Å². The average molecular weight is 317 g/mol. The molecule has 1 rings (SSSR count). The minimum atomic E-state index is -6.01. The number of rotatable bonds is 6. The number of amides is 2. The van der Waals surface area contributed by atoms with Crippen molar-refractivity contribution in [3.05, 3.63) is 0 Å². The third-order valence-corrected chi connectivity index (χ3v) is 3.72. The predicted molar refractivity (Wildman–Crippen MR) is 60.2 cm³/mol. The highest BCUT2D eigenvalue weighted by molar-refractivity contribution is 7.87. The van der Waals surface area contributed by atoms with E-state index in [1.807, 2.05) is 6.92 Å². The molecule has 20 heavy (non-hydrogen) atoms. The van der Waals surface area contributed by atoms with Gasteiger partial charge in [-0.15, -0.1) is 9.35 Å². The van der Waals surface area contributed by atoms with Gasteiger partial charge in [0.05, 0.1) is 0 Å². The summed E-state index contributed by atoms with van der Waals surface area (Å²) < 4.78 is 61.5. The molecule has 1 atom stereocenters. The van der Waals surface area contributed by atoms with Gasteiger partial charge in [-0.25, -0.2) is 0 Å². The van der Waals surface area contributed by atoms with Gasteiger partial charge in [-0.2, -0.15) is 21.6 Å². The van der Waals surface area contributed by atoms with Crippen LogP contribution in [-0.2, 0) is 24.0 Å². The number of hydrogen-bond donors (Lipinski definition) is 0. The Balaban J connectivity index is 2.73. The highest BCUT2D eigenvalue weighted by Gasteiger charge is 2.52. The van der Waals surface area contributed by atoms with Gasteiger partial charge in [-0.1, -0.05) is 26.2 Å². The highest BCUT2D eigenvalue weighted by atomic mass is 32.2. The first kappa shape index (κ1) is 16.9. The van der Waals surface area contributed by atoms with E-state index in [4.69, 9.17) is 0 Å². The van der Waals surface area contributed by atoms with Crippen LogP contribution in [0.15, 0.2) is 0 Å². The molecule has 2 amide bonds. The molecule has 0 N–H and O–H groups in total. The lowest BCUT2D eigenvalue weighted by Gasteiger charge is -2.15. The number of carbonyl (C=O) groups is 2. The zero-order valence-electron chi connectivity index (χ0n) is 10.6. The molecule has 0 radical (unpaired) electrons. The van der Waals surface area contributed by atoms with Gasteiger partial charge in [-0.05, 0) is 6.42 Å². The Kier molecular flexibility index (Phi) is 5.14. The lowest BCUT2D eigenvalue weighted by Crippen LogP contribution is -2.38. The number of halogens is 3. The maximum absolute atomic E-state index is 12.1. The highest BCUT2D eigenvalue weighted by Crippen LogP contribution is 2.30. The fraction of sp³-hybridized carbons (Fsp3) is 0.800. The smallest absolute Gasteiger partial charge is 0.272 e. The SMILES string of the molecule is CCCCCC1CC(=O)N(OS(=O)(=O)C(F)(F)F)C1=O. The van der Waals surface area contributed by atoms with Crippen LogP contribution in [0.4, 0.5) is 13.2 Å². The van der Waals surface area contributed by atoms with Gasteiger partial charge in [0.1, 0.15) is 0 Å². The molecule has 10 heteroatoms. The molecule has 0 aromatic heterocycles. The summed E-state index contributed by atoms with van der Waals surface area (Å²) in [6, 6.07) is 0. The first-order valence-corrected chi connectivity index (χ1v) is 7.38. The van der Waals surface area contributed by atoms with Crippen LogP contribution >= 0.6 is 0 Å². The lowest BCUT2D eigenvalue weighted by molar-refractivity contribution is -0.168. The number of alkyl halides is 3. The van der Waals surface area contributed by atoms with E-state index in [0.29, 0.717) is 12.8 Å². The second kappa shape index (κ2) is 6.08. The summed E-state index contributed by atoms with van der Waals surface area (Å²) in [5, 5.41) is -0.292. The van der Waals surface area contributed by atoms with Gasteiger partial charge in [0.25, 0.3) is 11.8 Å². The van der Waals surface area contributed by atoms with E-state index in [0.717, 1.165) is 12.8 Å². The number of hydroxylamine groups is 2. The molecule has 0 aromatic carbocycles. The Labute approximate surface area is 113 Å². The summed E-state index contributed by atoms with van der Waals surface area (Å²) in [5.74, 6) is -2.94. The summed E-state index contributed by atoms with van der Waals surface area (Å²) >= 11 is 0. The van der Waals surface area contributed by atoms with E-state index in [-0.39, 0.29) is 11.5 Å². The van der Waals surface area contributed by atoms with Crippen molar-refractivity contribution in [3.8, 4) is 0 Å². The van der Waals surface area contributed by atoms with Crippen LogP contribution in [0.1, 0.15) is 39.0 Å². The second-order valence-corrected chi connectivity index (χ2v) is 5.92. The van der Waals surface area contributed by atoms with E-state index in [2.05, 4.69) is 4.28 Å². The standard InChI is InChI=1S/C10H14F3NO5S/c1-2-3-4-5-7-6-8(15)14(9(7)16)19-20(17,18)10(11,12)13/h7H,2-6H2,1H3. The molecule has 1 aliphatic heterocycles. The largest absolute Gasteiger partial charge is 0.525 e. The van der Waals surface area contributed by atoms with Crippen molar-refractivity contribution in [3.63, 3.8) is 0 Å². The number of imide groups is 1. The average Bonchev–Trinajstić information content (AvgIpc) is 2.56. The Bertz CT molecular complexity index is 488. The van der Waals surface area contributed by atoms with Crippen LogP contribution in [-0.4, -0.2) is 30.8 Å². The van der Waals surface area contributed by atoms with Gasteiger partial charge in [0, 0.05) is 12.3 Å². The maximum atomic E-state index is 12.1. The van der Waals surface area contributed by atoms with E-state index >= 15 is 0 Å². The quantitative estimate of drug-likeness (QED) is 0.423. The second-order valence-electron chi connectivity index (χ2n) is 4.40. The van der Waals surface area contributed by atoms with E-state index < -0.39 is 33.4 Å². The molecule has 0 spiro atoms. The Morgan fingerprint density at radius 1 is 1.30 bits per heavy atom. The van der Waals surface area contributed by atoms with Gasteiger partial charge in [-0.3, -0.25) is 9.59 Å². The topological polar surface area (TPSA) is 80.8 Å². The Morgan fingerprint density at radius 3 is 2.40 bits per heavy atom. The number of hydrogen-bond acceptors (Lipinski definition) is 5. The molecule has 1 aliphatic rings. The molecule has 1 fully saturated rings. The summed E-state index contributed by atoms with van der Waals surface area (Å²) in [7, 11) is -6.01. The molecule has 0 aromatic rings. The van der Waals surface area contributed by atoms with Crippen LogP contribution < -0.4 is 0 Å². The molecule has 1 unspecified atom stereocenters. The summed E-state index contributed by atoms with van der Waals surface area (Å²) in [6.45, 7) is 1.92. The fourth-order valence-electron chi connectivity index (χ4n) is 1.75. The zero-order chi connectivity index (χ0) is 15.6. The molecule has 6 nitrogen and oxygen atoms in total. The number of carbonyl (C=O) groups excluding carboxylic acids is 2. The van der Waals surface area contributed by atoms with Gasteiger partial charge >= 0.3 is 15.6 Å². The monoisotopic (exact) mass is 317 g/mol. The number of unbranched alkanes of at least 4 members (excludes halogenated alkanes) is 2. The third kappa shape index (κ3) is 3.69. The molecule has 116 valence electrons. The molecule has 1 heterocycles. The van der Waals surface area contributed by atoms with Crippen molar-refractivity contribution in [1.82, 2.24) is 5.06 Å². The first-order valence-electron chi connectivity index (χ1n) is 5.97. The minimum absolute atomic E-state index is 0.292. The van der Waals surface area contributed by atoms with Crippen molar-refractivity contribution < 1.29 is 35.5 Å². The molecular weight excluding hydrogens is 303 g/mol. The Morgan fingerprint density at radius 2 is 1.90 bits per heavy atom. The fourth-order valence-corrected chi connectivity index (χ4v) is 2.19. The first-order chi connectivity index (χ1) is 9.10. The summed E-state index contributed by atoms with van der Waals surface area (Å²) in [5.41, 5.74) is -5.69. The van der Waals surface area contributed by atoms with Crippen LogP contribution in [0.25, 0.3) is 0 Å². The summed E-state index contributed by atoms with van der Waals surface area (Å²) in [4.78, 5) is 23.0. The van der Waals surface area contributed by atoms with E-state index in [1.54, 1.807) is 0 Å². The van der Waals surface area contributed by atoms with Gasteiger partial charge in [0.15, 0.2) is 0 Å². The van der Waals surface area contributed by atoms with Crippen molar-refractivity contribution in [1.29, 1.82) is 0 Å².